The van der Waals surface area contributed by atoms with Gasteiger partial charge in [-0.2, -0.15) is 5.26 Å². The van der Waals surface area contributed by atoms with E-state index < -0.39 is 11.8 Å². The van der Waals surface area contributed by atoms with Gasteiger partial charge >= 0.3 is 0 Å². The van der Waals surface area contributed by atoms with E-state index in [0.29, 0.717) is 11.1 Å². The van der Waals surface area contributed by atoms with Gasteiger partial charge in [-0.1, -0.05) is 0 Å². The third-order valence-corrected chi connectivity index (χ3v) is 6.09. The van der Waals surface area contributed by atoms with E-state index in [4.69, 9.17) is 0 Å². The number of hydrogen-bond donors (Lipinski definition) is 0. The van der Waals surface area contributed by atoms with Gasteiger partial charge in [0.1, 0.15) is 28.1 Å². The van der Waals surface area contributed by atoms with Crippen LogP contribution >= 0.6 is 11.3 Å². The fourth-order valence-electron chi connectivity index (χ4n) is 3.48. The minimum Gasteiger partial charge on any atom is -0.326 e. The Hall–Kier alpha value is -3.57. The highest BCUT2D eigenvalue weighted by Crippen LogP contribution is 2.33. The summed E-state index contributed by atoms with van der Waals surface area (Å²) in [6.45, 7) is 3.51. The molecular weight excluding hydrogens is 403 g/mol. The first-order chi connectivity index (χ1) is 14.3. The summed E-state index contributed by atoms with van der Waals surface area (Å²) >= 11 is 1.40. The molecule has 0 radical (unpaired) electrons. The average Bonchev–Trinajstić information content (AvgIpc) is 3.25. The molecule has 1 aromatic carbocycles. The maximum absolute atomic E-state index is 13.2. The fourth-order valence-corrected chi connectivity index (χ4v) is 4.49. The number of amides is 2. The second-order valence-electron chi connectivity index (χ2n) is 6.86. The molecule has 0 bridgehead atoms. The normalized spacial score (nSPS) is 16.1. The molecule has 0 N–H and O–H groups in total. The lowest BCUT2D eigenvalue weighted by atomic mass is 9.95. The molecule has 0 fully saturated rings. The summed E-state index contributed by atoms with van der Waals surface area (Å²) in [6, 6.07) is 9.98. The van der Waals surface area contributed by atoms with E-state index in [1.54, 1.807) is 32.1 Å². The fraction of sp³-hybridized carbons (Fsp3) is 0.182. The highest BCUT2D eigenvalue weighted by Gasteiger charge is 2.34. The van der Waals surface area contributed by atoms with Crippen molar-refractivity contribution in [1.82, 2.24) is 14.5 Å². The Morgan fingerprint density at radius 2 is 1.93 bits per heavy atom. The number of carbonyl (C=O) groups is 2. The molecule has 4 rings (SSSR count). The number of aryl methyl sites for hydroxylation is 1. The summed E-state index contributed by atoms with van der Waals surface area (Å²) in [6.07, 6.45) is 1.70. The maximum Gasteiger partial charge on any atom is 0.271 e. The van der Waals surface area contributed by atoms with Gasteiger partial charge in [0.15, 0.2) is 0 Å². The van der Waals surface area contributed by atoms with Crippen LogP contribution in [0.3, 0.4) is 0 Å². The van der Waals surface area contributed by atoms with Crippen molar-refractivity contribution < 1.29 is 14.0 Å². The Morgan fingerprint density at radius 1 is 1.23 bits per heavy atom. The highest BCUT2D eigenvalue weighted by molar-refractivity contribution is 7.19. The molecule has 3 aromatic rings. The Morgan fingerprint density at radius 3 is 2.53 bits per heavy atom. The zero-order valence-electron chi connectivity index (χ0n) is 16.6. The molecule has 2 amide bonds. The monoisotopic (exact) mass is 420 g/mol. The van der Waals surface area contributed by atoms with Crippen molar-refractivity contribution in [2.24, 2.45) is 7.05 Å². The molecule has 1 aliphatic rings. The quantitative estimate of drug-likeness (QED) is 0.473. The van der Waals surface area contributed by atoms with Crippen LogP contribution in [0.15, 0.2) is 47.1 Å². The first-order valence-corrected chi connectivity index (χ1v) is 10.1. The first-order valence-electron chi connectivity index (χ1n) is 9.27. The smallest absolute Gasteiger partial charge is 0.271 e. The third kappa shape index (κ3) is 3.04. The van der Waals surface area contributed by atoms with Crippen LogP contribution in [0.1, 0.15) is 18.7 Å². The number of aromatic nitrogens is 2. The summed E-state index contributed by atoms with van der Waals surface area (Å²) < 4.78 is 15.1. The lowest BCUT2D eigenvalue weighted by Crippen LogP contribution is -2.42. The summed E-state index contributed by atoms with van der Waals surface area (Å²) in [5.41, 5.74) is 2.38. The molecule has 30 heavy (non-hydrogen) atoms. The number of nitriles is 1. The van der Waals surface area contributed by atoms with Crippen molar-refractivity contribution >= 4 is 39.6 Å². The first kappa shape index (κ1) is 19.7. The second kappa shape index (κ2) is 7.35. The van der Waals surface area contributed by atoms with E-state index in [1.165, 1.54) is 23.5 Å². The minimum atomic E-state index is -0.554. The number of rotatable bonds is 3. The molecule has 0 saturated carbocycles. The summed E-state index contributed by atoms with van der Waals surface area (Å²) in [4.78, 5) is 32.4. The van der Waals surface area contributed by atoms with E-state index in [1.807, 2.05) is 23.8 Å². The van der Waals surface area contributed by atoms with Gasteiger partial charge in [-0.25, -0.2) is 9.37 Å². The van der Waals surface area contributed by atoms with Crippen LogP contribution in [0.25, 0.3) is 27.8 Å². The van der Waals surface area contributed by atoms with E-state index in [0.717, 1.165) is 31.5 Å². The van der Waals surface area contributed by atoms with Gasteiger partial charge in [0.2, 0.25) is 0 Å². The molecule has 0 aliphatic carbocycles. The zero-order valence-corrected chi connectivity index (χ0v) is 17.4. The largest absolute Gasteiger partial charge is 0.326 e. The molecule has 3 heterocycles. The number of fused-ring (bicyclic) bond motifs is 1. The van der Waals surface area contributed by atoms with Crippen molar-refractivity contribution in [3.8, 4) is 17.5 Å². The topological polar surface area (TPSA) is 79.0 Å². The molecule has 150 valence electrons. The third-order valence-electron chi connectivity index (χ3n) is 5.13. The standard InChI is InChI=1S/C22H17FN4O2S/c1-4-27-21(28)16(12(2)17(11-24)22(27)29)9-15-10-18-20(30-15)25-19(26(18)3)13-5-7-14(23)8-6-13/h5-10H,4H2,1-3H3/b16-9-. The number of imidazole rings is 1. The van der Waals surface area contributed by atoms with Crippen LogP contribution in [0.2, 0.25) is 0 Å². The minimum absolute atomic E-state index is 0.0134. The molecule has 8 heteroatoms. The number of nitrogens with zero attached hydrogens (tertiary/aromatic N) is 4. The molecule has 0 saturated heterocycles. The number of benzene rings is 1. The van der Waals surface area contributed by atoms with Gasteiger partial charge in [0.05, 0.1) is 5.52 Å². The van der Waals surface area contributed by atoms with Crippen molar-refractivity contribution in [3.63, 3.8) is 0 Å². The Kier molecular flexibility index (Phi) is 4.84. The highest BCUT2D eigenvalue weighted by atomic mass is 32.1. The number of hydrogen-bond acceptors (Lipinski definition) is 5. The van der Waals surface area contributed by atoms with E-state index in [-0.39, 0.29) is 17.9 Å². The number of halogens is 1. The summed E-state index contributed by atoms with van der Waals surface area (Å²) in [5, 5.41) is 9.36. The molecule has 0 unspecified atom stereocenters. The van der Waals surface area contributed by atoms with Crippen molar-refractivity contribution in [3.05, 3.63) is 57.7 Å². The number of likely N-dealkylation sites (N-methyl/N-ethyl adjacent to an activating group) is 1. The maximum atomic E-state index is 13.2. The van der Waals surface area contributed by atoms with Gasteiger partial charge in [-0.15, -0.1) is 11.3 Å². The Bertz CT molecular complexity index is 1310. The van der Waals surface area contributed by atoms with E-state index in [9.17, 15) is 19.2 Å². The van der Waals surface area contributed by atoms with Crippen molar-refractivity contribution in [1.29, 1.82) is 5.26 Å². The zero-order chi connectivity index (χ0) is 21.6. The van der Waals surface area contributed by atoms with E-state index in [2.05, 4.69) is 4.98 Å². The summed E-state index contributed by atoms with van der Waals surface area (Å²) in [5.74, 6) is -0.548. The molecule has 6 nitrogen and oxygen atoms in total. The van der Waals surface area contributed by atoms with Gasteiger partial charge in [0, 0.05) is 29.6 Å². The Balaban J connectivity index is 1.79. The second-order valence-corrected chi connectivity index (χ2v) is 7.93. The Labute approximate surface area is 176 Å². The van der Waals surface area contributed by atoms with Crippen LogP contribution in [-0.2, 0) is 16.6 Å². The lowest BCUT2D eigenvalue weighted by Gasteiger charge is -2.26. The van der Waals surface area contributed by atoms with Crippen LogP contribution in [-0.4, -0.2) is 32.8 Å². The van der Waals surface area contributed by atoms with E-state index >= 15 is 0 Å². The van der Waals surface area contributed by atoms with Crippen LogP contribution < -0.4 is 0 Å². The van der Waals surface area contributed by atoms with Crippen LogP contribution in [0.4, 0.5) is 4.39 Å². The van der Waals surface area contributed by atoms with Gasteiger partial charge in [-0.3, -0.25) is 14.5 Å². The number of thiophene rings is 1. The van der Waals surface area contributed by atoms with Gasteiger partial charge in [0.25, 0.3) is 11.8 Å². The lowest BCUT2D eigenvalue weighted by molar-refractivity contribution is -0.140. The SMILES string of the molecule is CCN1C(=O)C(C#N)=C(C)/C(=C/c2cc3c(nc(-c4ccc(F)cc4)n3C)s2)C1=O. The molecule has 0 atom stereocenters. The van der Waals surface area contributed by atoms with Gasteiger partial charge in [-0.05, 0) is 55.8 Å². The molecule has 0 spiro atoms. The molecule has 2 aromatic heterocycles. The predicted octanol–water partition coefficient (Wildman–Crippen LogP) is 4.05. The van der Waals surface area contributed by atoms with Gasteiger partial charge < -0.3 is 4.57 Å². The number of imide groups is 1. The predicted molar refractivity (Wildman–Crippen MR) is 113 cm³/mol. The summed E-state index contributed by atoms with van der Waals surface area (Å²) in [7, 11) is 1.87. The molecular formula is C22H17FN4O2S. The van der Waals surface area contributed by atoms with Crippen molar-refractivity contribution in [2.45, 2.75) is 13.8 Å². The van der Waals surface area contributed by atoms with Crippen LogP contribution in [0.5, 0.6) is 0 Å². The van der Waals surface area contributed by atoms with Crippen molar-refractivity contribution in [2.75, 3.05) is 6.54 Å². The average molecular weight is 420 g/mol. The number of carbonyl (C=O) groups excluding carboxylic acids is 2. The molecule has 1 aliphatic heterocycles. The van der Waals surface area contributed by atoms with Crippen LogP contribution in [0, 0.1) is 17.1 Å².